The Kier molecular flexibility index (Phi) is 2.27. The van der Waals surface area contributed by atoms with Gasteiger partial charge < -0.3 is 0 Å². The molecule has 11 heavy (non-hydrogen) atoms. The van der Waals surface area contributed by atoms with Crippen molar-refractivity contribution in [3.63, 3.8) is 0 Å². The highest BCUT2D eigenvalue weighted by Gasteiger charge is 2.06. The minimum absolute atomic E-state index is 0.658. The maximum Gasteiger partial charge on any atom is 0.0858 e. The predicted molar refractivity (Wildman–Crippen MR) is 44.3 cm³/mol. The van der Waals surface area contributed by atoms with Gasteiger partial charge in [0.15, 0.2) is 0 Å². The maximum absolute atomic E-state index is 4.07. The summed E-state index contributed by atoms with van der Waals surface area (Å²) in [7, 11) is 1.92. The third kappa shape index (κ3) is 1.79. The Morgan fingerprint density at radius 2 is 2.09 bits per heavy atom. The summed E-state index contributed by atoms with van der Waals surface area (Å²) in [6, 6.07) is 0. The first kappa shape index (κ1) is 8.24. The van der Waals surface area contributed by atoms with Gasteiger partial charge in [-0.1, -0.05) is 19.1 Å². The summed E-state index contributed by atoms with van der Waals surface area (Å²) in [6.45, 7) is 6.43. The predicted octanol–water partition coefficient (Wildman–Crippen LogP) is 1.32. The minimum Gasteiger partial charge on any atom is -0.252 e. The van der Waals surface area contributed by atoms with Gasteiger partial charge in [0.2, 0.25) is 0 Å². The molecule has 1 rings (SSSR count). The van der Waals surface area contributed by atoms with Crippen LogP contribution in [0.25, 0.3) is 0 Å². The first-order chi connectivity index (χ1) is 5.11. The van der Waals surface area contributed by atoms with Crippen LogP contribution in [0.15, 0.2) is 0 Å². The van der Waals surface area contributed by atoms with Gasteiger partial charge in [-0.25, -0.2) is 0 Å². The highest BCUT2D eigenvalue weighted by molar-refractivity contribution is 5.07. The Morgan fingerprint density at radius 3 is 2.45 bits per heavy atom. The molecule has 0 atom stereocenters. The van der Waals surface area contributed by atoms with Crippen molar-refractivity contribution in [2.45, 2.75) is 27.2 Å². The molecular weight excluding hydrogens is 138 g/mol. The third-order valence-corrected chi connectivity index (χ3v) is 1.80. The van der Waals surface area contributed by atoms with Crippen LogP contribution in [0.1, 0.15) is 25.2 Å². The van der Waals surface area contributed by atoms with Gasteiger partial charge in [0.1, 0.15) is 0 Å². The van der Waals surface area contributed by atoms with Crippen LogP contribution in [0.5, 0.6) is 0 Å². The largest absolute Gasteiger partial charge is 0.252 e. The summed E-state index contributed by atoms with van der Waals surface area (Å²) in [4.78, 5) is 0. The Balaban J connectivity index is 2.79. The highest BCUT2D eigenvalue weighted by atomic mass is 15.4. The van der Waals surface area contributed by atoms with Crippen LogP contribution in [0.4, 0.5) is 0 Å². The maximum atomic E-state index is 4.07. The molecule has 0 N–H and O–H groups in total. The molecule has 62 valence electrons. The van der Waals surface area contributed by atoms with Gasteiger partial charge in [0, 0.05) is 7.05 Å². The Morgan fingerprint density at radius 1 is 1.45 bits per heavy atom. The summed E-state index contributed by atoms with van der Waals surface area (Å²) >= 11 is 0. The van der Waals surface area contributed by atoms with E-state index < -0.39 is 0 Å². The van der Waals surface area contributed by atoms with Gasteiger partial charge in [-0.05, 0) is 19.3 Å². The van der Waals surface area contributed by atoms with E-state index in [1.807, 2.05) is 11.7 Å². The minimum atomic E-state index is 0.658. The standard InChI is InChI=1S/C8H15N3/c1-6(2)5-8-7(3)11(4)10-9-8/h6H,5H2,1-4H3. The topological polar surface area (TPSA) is 30.7 Å². The molecular formula is C8H15N3. The Hall–Kier alpha value is -0.860. The van der Waals surface area contributed by atoms with E-state index in [1.54, 1.807) is 0 Å². The van der Waals surface area contributed by atoms with Crippen molar-refractivity contribution in [3.05, 3.63) is 11.4 Å². The zero-order chi connectivity index (χ0) is 8.43. The second-order valence-corrected chi connectivity index (χ2v) is 3.34. The molecule has 0 unspecified atom stereocenters. The van der Waals surface area contributed by atoms with Gasteiger partial charge in [-0.15, -0.1) is 5.10 Å². The molecule has 3 heteroatoms. The highest BCUT2D eigenvalue weighted by Crippen LogP contribution is 2.08. The molecule has 0 aliphatic heterocycles. The lowest BCUT2D eigenvalue weighted by molar-refractivity contribution is 0.631. The average molecular weight is 153 g/mol. The van der Waals surface area contributed by atoms with Crippen LogP contribution in [-0.2, 0) is 13.5 Å². The van der Waals surface area contributed by atoms with Gasteiger partial charge in [0.05, 0.1) is 11.4 Å². The van der Waals surface area contributed by atoms with Crippen molar-refractivity contribution >= 4 is 0 Å². The second-order valence-electron chi connectivity index (χ2n) is 3.34. The average Bonchev–Trinajstić information content (AvgIpc) is 2.18. The summed E-state index contributed by atoms with van der Waals surface area (Å²) < 4.78 is 1.82. The smallest absolute Gasteiger partial charge is 0.0858 e. The van der Waals surface area contributed by atoms with E-state index in [0.29, 0.717) is 5.92 Å². The van der Waals surface area contributed by atoms with Crippen LogP contribution >= 0.6 is 0 Å². The quantitative estimate of drug-likeness (QED) is 0.641. The number of hydrogen-bond acceptors (Lipinski definition) is 2. The lowest BCUT2D eigenvalue weighted by atomic mass is 10.1. The second kappa shape index (κ2) is 3.03. The molecule has 3 nitrogen and oxygen atoms in total. The number of aryl methyl sites for hydroxylation is 1. The number of rotatable bonds is 2. The first-order valence-corrected chi connectivity index (χ1v) is 3.96. The van der Waals surface area contributed by atoms with E-state index in [2.05, 4.69) is 31.1 Å². The van der Waals surface area contributed by atoms with Crippen molar-refractivity contribution in [2.75, 3.05) is 0 Å². The number of nitrogens with zero attached hydrogens (tertiary/aromatic N) is 3. The summed E-state index contributed by atoms with van der Waals surface area (Å²) in [5, 5.41) is 8.00. The van der Waals surface area contributed by atoms with Gasteiger partial charge in [-0.3, -0.25) is 4.68 Å². The molecule has 0 spiro atoms. The summed E-state index contributed by atoms with van der Waals surface area (Å²) in [5.74, 6) is 0.658. The fraction of sp³-hybridized carbons (Fsp3) is 0.750. The van der Waals surface area contributed by atoms with E-state index >= 15 is 0 Å². The SMILES string of the molecule is Cc1c(CC(C)C)nnn1C. The van der Waals surface area contributed by atoms with E-state index in [0.717, 1.165) is 12.1 Å². The summed E-state index contributed by atoms with van der Waals surface area (Å²) in [6.07, 6.45) is 1.03. The van der Waals surface area contributed by atoms with Crippen molar-refractivity contribution in [2.24, 2.45) is 13.0 Å². The fourth-order valence-corrected chi connectivity index (χ4v) is 1.02. The molecule has 0 saturated heterocycles. The van der Waals surface area contributed by atoms with Crippen LogP contribution in [0.2, 0.25) is 0 Å². The normalized spacial score (nSPS) is 11.0. The lowest BCUT2D eigenvalue weighted by Crippen LogP contribution is -1.98. The first-order valence-electron chi connectivity index (χ1n) is 3.96. The van der Waals surface area contributed by atoms with E-state index in [-0.39, 0.29) is 0 Å². The molecule has 1 aromatic rings. The zero-order valence-corrected chi connectivity index (χ0v) is 7.63. The molecule has 0 aliphatic carbocycles. The third-order valence-electron chi connectivity index (χ3n) is 1.80. The molecule has 1 heterocycles. The van der Waals surface area contributed by atoms with E-state index in [1.165, 1.54) is 5.69 Å². The molecule has 1 aromatic heterocycles. The van der Waals surface area contributed by atoms with Crippen LogP contribution in [0.3, 0.4) is 0 Å². The lowest BCUT2D eigenvalue weighted by Gasteiger charge is -2.00. The van der Waals surface area contributed by atoms with E-state index in [4.69, 9.17) is 0 Å². The Bertz CT molecular complexity index is 237. The molecule has 0 saturated carbocycles. The molecule has 0 fully saturated rings. The number of aromatic nitrogens is 3. The Labute approximate surface area is 67.4 Å². The fourth-order valence-electron chi connectivity index (χ4n) is 1.02. The van der Waals surface area contributed by atoms with E-state index in [9.17, 15) is 0 Å². The van der Waals surface area contributed by atoms with Crippen molar-refractivity contribution in [3.8, 4) is 0 Å². The number of hydrogen-bond donors (Lipinski definition) is 0. The van der Waals surface area contributed by atoms with Crippen molar-refractivity contribution < 1.29 is 0 Å². The summed E-state index contributed by atoms with van der Waals surface area (Å²) in [5.41, 5.74) is 2.31. The van der Waals surface area contributed by atoms with Crippen molar-refractivity contribution in [1.82, 2.24) is 15.0 Å². The molecule has 0 amide bonds. The van der Waals surface area contributed by atoms with Gasteiger partial charge >= 0.3 is 0 Å². The zero-order valence-electron chi connectivity index (χ0n) is 7.63. The van der Waals surface area contributed by atoms with Crippen molar-refractivity contribution in [1.29, 1.82) is 0 Å². The monoisotopic (exact) mass is 153 g/mol. The van der Waals surface area contributed by atoms with Crippen LogP contribution in [0, 0.1) is 12.8 Å². The van der Waals surface area contributed by atoms with Gasteiger partial charge in [0.25, 0.3) is 0 Å². The molecule has 0 bridgehead atoms. The molecule has 0 radical (unpaired) electrons. The van der Waals surface area contributed by atoms with Gasteiger partial charge in [-0.2, -0.15) is 0 Å². The molecule has 0 aromatic carbocycles. The van der Waals surface area contributed by atoms with Crippen LogP contribution in [-0.4, -0.2) is 15.0 Å². The molecule has 0 aliphatic rings. The van der Waals surface area contributed by atoms with Crippen LogP contribution < -0.4 is 0 Å².